The Balaban J connectivity index is 1.81. The number of carbonyl (C=O) groups excluding carboxylic acids is 1. The summed E-state index contributed by atoms with van der Waals surface area (Å²) in [7, 11) is 3.28. The molecule has 140 valence electrons. The summed E-state index contributed by atoms with van der Waals surface area (Å²) in [5.74, 6) is 1.50. The number of hydrogen-bond acceptors (Lipinski definition) is 7. The Kier molecular flexibility index (Phi) is 6.00. The average molecular weight is 377 g/mol. The van der Waals surface area contributed by atoms with Gasteiger partial charge in [0.2, 0.25) is 11.1 Å². The van der Waals surface area contributed by atoms with E-state index in [4.69, 9.17) is 9.47 Å². The van der Waals surface area contributed by atoms with E-state index in [0.29, 0.717) is 18.3 Å². The second-order valence-electron chi connectivity index (χ2n) is 5.92. The Labute approximate surface area is 156 Å². The van der Waals surface area contributed by atoms with Crippen LogP contribution in [0.5, 0.6) is 5.75 Å². The fourth-order valence-corrected chi connectivity index (χ4v) is 3.90. The predicted molar refractivity (Wildman–Crippen MR) is 99.0 cm³/mol. The highest BCUT2D eigenvalue weighted by atomic mass is 32.2. The van der Waals surface area contributed by atoms with Crippen molar-refractivity contribution in [3.8, 4) is 5.75 Å². The molecule has 0 bridgehead atoms. The van der Waals surface area contributed by atoms with Crippen molar-refractivity contribution >= 4 is 17.7 Å². The summed E-state index contributed by atoms with van der Waals surface area (Å²) in [4.78, 5) is 12.8. The van der Waals surface area contributed by atoms with Crippen LogP contribution in [0.4, 0.5) is 0 Å². The van der Waals surface area contributed by atoms with Gasteiger partial charge in [0.15, 0.2) is 0 Å². The van der Waals surface area contributed by atoms with Gasteiger partial charge in [-0.05, 0) is 31.0 Å². The van der Waals surface area contributed by atoms with Gasteiger partial charge in [0, 0.05) is 20.3 Å². The molecule has 3 rings (SSSR count). The quantitative estimate of drug-likeness (QED) is 0.707. The van der Waals surface area contributed by atoms with E-state index in [0.717, 1.165) is 23.6 Å². The molecule has 1 aliphatic rings. The second kappa shape index (κ2) is 8.41. The zero-order valence-electron chi connectivity index (χ0n) is 15.1. The van der Waals surface area contributed by atoms with E-state index in [2.05, 4.69) is 20.9 Å². The standard InChI is InChI=1S/C17H23N5O3S/c1-11-19-20-17-22(11)21-14(12-5-7-13(25-3)8-6-12)15(26-17)16(23)18-9-4-10-24-2/h5-8,14-15,21H,4,9-10H2,1-3H3,(H,18,23)/t14-,15+/m0/s1. The number of nitrogens with zero attached hydrogens (tertiary/aromatic N) is 3. The van der Waals surface area contributed by atoms with Crippen molar-refractivity contribution < 1.29 is 14.3 Å². The first-order valence-corrected chi connectivity index (χ1v) is 9.28. The number of carbonyl (C=O) groups is 1. The van der Waals surface area contributed by atoms with Crippen molar-refractivity contribution in [1.82, 2.24) is 20.2 Å². The van der Waals surface area contributed by atoms with Crippen molar-refractivity contribution in [2.24, 2.45) is 0 Å². The van der Waals surface area contributed by atoms with E-state index < -0.39 is 0 Å². The third kappa shape index (κ3) is 3.94. The van der Waals surface area contributed by atoms with Crippen LogP contribution in [0.1, 0.15) is 23.9 Å². The van der Waals surface area contributed by atoms with Gasteiger partial charge in [-0.1, -0.05) is 23.9 Å². The SMILES string of the molecule is COCCCNC(=O)[C@@H]1Sc2nnc(C)n2N[C@H]1c1ccc(OC)cc1. The van der Waals surface area contributed by atoms with E-state index in [1.165, 1.54) is 11.8 Å². The number of aryl methyl sites for hydroxylation is 1. The Morgan fingerprint density at radius 3 is 2.77 bits per heavy atom. The maximum absolute atomic E-state index is 12.8. The lowest BCUT2D eigenvalue weighted by atomic mass is 10.0. The smallest absolute Gasteiger partial charge is 0.236 e. The maximum atomic E-state index is 12.8. The van der Waals surface area contributed by atoms with Crippen molar-refractivity contribution in [2.75, 3.05) is 32.8 Å². The molecule has 0 fully saturated rings. The Morgan fingerprint density at radius 2 is 2.08 bits per heavy atom. The molecule has 1 aromatic heterocycles. The zero-order valence-corrected chi connectivity index (χ0v) is 15.9. The summed E-state index contributed by atoms with van der Waals surface area (Å²) >= 11 is 1.41. The van der Waals surface area contributed by atoms with Crippen molar-refractivity contribution in [3.63, 3.8) is 0 Å². The number of nitrogens with one attached hydrogen (secondary N) is 2. The lowest BCUT2D eigenvalue weighted by Crippen LogP contribution is -2.44. The summed E-state index contributed by atoms with van der Waals surface area (Å²) in [6, 6.07) is 7.50. The Morgan fingerprint density at radius 1 is 1.31 bits per heavy atom. The van der Waals surface area contributed by atoms with Crippen LogP contribution in [0, 0.1) is 6.92 Å². The number of fused-ring (bicyclic) bond motifs is 1. The summed E-state index contributed by atoms with van der Waals surface area (Å²) < 4.78 is 12.1. The maximum Gasteiger partial charge on any atom is 0.236 e. The molecule has 1 aromatic carbocycles. The summed E-state index contributed by atoms with van der Waals surface area (Å²) in [5.41, 5.74) is 4.37. The normalized spacial score (nSPS) is 18.7. The first-order valence-electron chi connectivity index (χ1n) is 8.40. The number of thioether (sulfide) groups is 1. The molecule has 2 atom stereocenters. The topological polar surface area (TPSA) is 90.3 Å². The highest BCUT2D eigenvalue weighted by molar-refractivity contribution is 8.00. The molecule has 1 amide bonds. The van der Waals surface area contributed by atoms with Crippen LogP contribution in [-0.4, -0.2) is 53.4 Å². The molecule has 0 radical (unpaired) electrons. The van der Waals surface area contributed by atoms with E-state index >= 15 is 0 Å². The van der Waals surface area contributed by atoms with Crippen molar-refractivity contribution in [2.45, 2.75) is 29.8 Å². The van der Waals surface area contributed by atoms with Gasteiger partial charge in [-0.15, -0.1) is 10.2 Å². The van der Waals surface area contributed by atoms with E-state index in [1.54, 1.807) is 14.2 Å². The fraction of sp³-hybridized carbons (Fsp3) is 0.471. The van der Waals surface area contributed by atoms with Crippen LogP contribution >= 0.6 is 11.8 Å². The largest absolute Gasteiger partial charge is 0.497 e. The lowest BCUT2D eigenvalue weighted by molar-refractivity contribution is -0.121. The molecule has 0 spiro atoms. The molecule has 1 aliphatic heterocycles. The lowest BCUT2D eigenvalue weighted by Gasteiger charge is -2.32. The molecule has 8 nitrogen and oxygen atoms in total. The van der Waals surface area contributed by atoms with Crippen LogP contribution < -0.4 is 15.5 Å². The number of aromatic nitrogens is 3. The van der Waals surface area contributed by atoms with Crippen LogP contribution in [-0.2, 0) is 9.53 Å². The second-order valence-corrected chi connectivity index (χ2v) is 7.03. The fourth-order valence-electron chi connectivity index (χ4n) is 2.75. The number of benzene rings is 1. The molecule has 0 saturated carbocycles. The van der Waals surface area contributed by atoms with Gasteiger partial charge in [0.1, 0.15) is 16.8 Å². The Bertz CT molecular complexity index is 749. The third-order valence-electron chi connectivity index (χ3n) is 4.16. The van der Waals surface area contributed by atoms with Crippen LogP contribution in [0.25, 0.3) is 0 Å². The molecule has 9 heteroatoms. The molecule has 0 saturated heterocycles. The van der Waals surface area contributed by atoms with Crippen LogP contribution in [0.2, 0.25) is 0 Å². The predicted octanol–water partition coefficient (Wildman–Crippen LogP) is 1.51. The molecular formula is C17H23N5O3S. The summed E-state index contributed by atoms with van der Waals surface area (Å²) in [6.45, 7) is 3.07. The molecule has 0 unspecified atom stereocenters. The van der Waals surface area contributed by atoms with Crippen molar-refractivity contribution in [1.29, 1.82) is 0 Å². The molecule has 0 aliphatic carbocycles. The minimum atomic E-state index is -0.359. The third-order valence-corrected chi connectivity index (χ3v) is 5.37. The number of rotatable bonds is 7. The van der Waals surface area contributed by atoms with Crippen LogP contribution in [0.3, 0.4) is 0 Å². The van der Waals surface area contributed by atoms with E-state index in [1.807, 2.05) is 35.9 Å². The molecular weight excluding hydrogens is 354 g/mol. The summed E-state index contributed by atoms with van der Waals surface area (Å²) in [6.07, 6.45) is 0.773. The van der Waals surface area contributed by atoms with Crippen molar-refractivity contribution in [3.05, 3.63) is 35.7 Å². The highest BCUT2D eigenvalue weighted by Gasteiger charge is 2.37. The highest BCUT2D eigenvalue weighted by Crippen LogP contribution is 2.37. The molecule has 2 aromatic rings. The number of ether oxygens (including phenoxy) is 2. The van der Waals surface area contributed by atoms with Gasteiger partial charge in [-0.25, -0.2) is 4.68 Å². The van der Waals surface area contributed by atoms with Gasteiger partial charge in [-0.3, -0.25) is 4.79 Å². The zero-order chi connectivity index (χ0) is 18.5. The molecule has 2 heterocycles. The number of methoxy groups -OCH3 is 2. The Hall–Kier alpha value is -2.26. The van der Waals surface area contributed by atoms with E-state index in [-0.39, 0.29) is 17.2 Å². The van der Waals surface area contributed by atoms with Gasteiger partial charge < -0.3 is 20.2 Å². The van der Waals surface area contributed by atoms with Crippen LogP contribution in [0.15, 0.2) is 29.4 Å². The van der Waals surface area contributed by atoms with Gasteiger partial charge >= 0.3 is 0 Å². The first kappa shape index (κ1) is 18.5. The van der Waals surface area contributed by atoms with Gasteiger partial charge in [0.05, 0.1) is 13.2 Å². The minimum Gasteiger partial charge on any atom is -0.497 e. The first-order chi connectivity index (χ1) is 12.6. The molecule has 26 heavy (non-hydrogen) atoms. The monoisotopic (exact) mass is 377 g/mol. The molecule has 2 N–H and O–H groups in total. The number of hydrogen-bond donors (Lipinski definition) is 2. The number of amides is 1. The minimum absolute atomic E-state index is 0.0358. The average Bonchev–Trinajstić information content (AvgIpc) is 3.04. The summed E-state index contributed by atoms with van der Waals surface area (Å²) in [5, 5.41) is 11.6. The van der Waals surface area contributed by atoms with E-state index in [9.17, 15) is 4.79 Å². The van der Waals surface area contributed by atoms with Gasteiger partial charge in [-0.2, -0.15) is 0 Å². The van der Waals surface area contributed by atoms with Gasteiger partial charge in [0.25, 0.3) is 0 Å².